The first-order valence-corrected chi connectivity index (χ1v) is 9.66. The molecule has 0 aliphatic heterocycles. The van der Waals surface area contributed by atoms with E-state index in [1.54, 1.807) is 0 Å². The second-order valence-corrected chi connectivity index (χ2v) is 5.63. The maximum Gasteiger partial charge on any atom is 0.407 e. The van der Waals surface area contributed by atoms with Gasteiger partial charge in [-0.2, -0.15) is 0 Å². The molecule has 0 saturated carbocycles. The van der Waals surface area contributed by atoms with E-state index in [1.165, 1.54) is 0 Å². The van der Waals surface area contributed by atoms with Gasteiger partial charge in [-0.15, -0.1) is 0 Å². The van der Waals surface area contributed by atoms with Crippen LogP contribution in [-0.2, 0) is 35.0 Å². The number of benzene rings is 1. The van der Waals surface area contributed by atoms with Crippen molar-refractivity contribution in [2.24, 2.45) is 0 Å². The van der Waals surface area contributed by atoms with Gasteiger partial charge in [0, 0.05) is 13.2 Å². The Balaban J connectivity index is 1.75. The van der Waals surface area contributed by atoms with Crippen molar-refractivity contribution in [1.29, 1.82) is 0 Å². The van der Waals surface area contributed by atoms with Crippen molar-refractivity contribution in [3.63, 3.8) is 0 Å². The van der Waals surface area contributed by atoms with Gasteiger partial charge in [0.1, 0.15) is 6.61 Å². The Bertz CT molecular complexity index is 473. The van der Waals surface area contributed by atoms with Crippen molar-refractivity contribution >= 4 is 6.09 Å². The number of alkyl carbamates (subject to hydrolysis) is 1. The van der Waals surface area contributed by atoms with Gasteiger partial charge in [-0.05, 0) is 12.5 Å². The minimum absolute atomic E-state index is 0.253. The summed E-state index contributed by atoms with van der Waals surface area (Å²) < 4.78 is 31.7. The Morgan fingerprint density at radius 2 is 1.25 bits per heavy atom. The number of rotatable bonds is 18. The summed E-state index contributed by atoms with van der Waals surface area (Å²) in [6.45, 7) is 7.96. The molecule has 0 aliphatic carbocycles. The van der Waals surface area contributed by atoms with Gasteiger partial charge in [-0.3, -0.25) is 0 Å². The molecule has 8 heteroatoms. The van der Waals surface area contributed by atoms with E-state index in [0.29, 0.717) is 72.6 Å². The number of hydrogen-bond donors (Lipinski definition) is 1. The molecule has 0 atom stereocenters. The molecule has 0 heterocycles. The molecule has 160 valence electrons. The zero-order chi connectivity index (χ0) is 20.1. The van der Waals surface area contributed by atoms with Crippen LogP contribution in [0.2, 0.25) is 0 Å². The maximum atomic E-state index is 11.5. The Morgan fingerprint density at radius 3 is 1.79 bits per heavy atom. The second kappa shape index (κ2) is 18.6. The van der Waals surface area contributed by atoms with Gasteiger partial charge >= 0.3 is 6.09 Å². The summed E-state index contributed by atoms with van der Waals surface area (Å²) >= 11 is 0. The van der Waals surface area contributed by atoms with Crippen molar-refractivity contribution in [3.8, 4) is 0 Å². The lowest BCUT2D eigenvalue weighted by Crippen LogP contribution is -2.28. The van der Waals surface area contributed by atoms with Crippen LogP contribution in [0.4, 0.5) is 4.79 Å². The molecule has 0 saturated heterocycles. The lowest BCUT2D eigenvalue weighted by Gasteiger charge is -2.09. The van der Waals surface area contributed by atoms with Crippen LogP contribution in [-0.4, -0.2) is 78.7 Å². The van der Waals surface area contributed by atoms with Gasteiger partial charge in [0.2, 0.25) is 0 Å². The van der Waals surface area contributed by atoms with E-state index in [2.05, 4.69) is 5.32 Å². The number of ether oxygens (including phenoxy) is 6. The number of amides is 1. The number of carbonyl (C=O) groups is 1. The normalized spacial score (nSPS) is 10.8. The Kier molecular flexibility index (Phi) is 16.2. The molecule has 1 rings (SSSR count). The lowest BCUT2D eigenvalue weighted by molar-refractivity contribution is -0.00996. The molecule has 1 amide bonds. The SMILES string of the molecule is CCOCCOCCOCCOCCOCCNC(=O)OCc1ccccc1. The molecule has 28 heavy (non-hydrogen) atoms. The molecule has 1 aromatic carbocycles. The quantitative estimate of drug-likeness (QED) is 0.378. The fraction of sp³-hybridized carbons (Fsp3) is 0.650. The predicted molar refractivity (Wildman–Crippen MR) is 104 cm³/mol. The van der Waals surface area contributed by atoms with Crippen LogP contribution in [0, 0.1) is 0 Å². The molecule has 0 unspecified atom stereocenters. The molecule has 0 aliphatic rings. The lowest BCUT2D eigenvalue weighted by atomic mass is 10.2. The number of hydrogen-bond acceptors (Lipinski definition) is 7. The van der Waals surface area contributed by atoms with Crippen molar-refractivity contribution in [3.05, 3.63) is 35.9 Å². The first-order chi connectivity index (χ1) is 13.8. The van der Waals surface area contributed by atoms with E-state index in [0.717, 1.165) is 5.56 Å². The van der Waals surface area contributed by atoms with E-state index >= 15 is 0 Å². The molecular weight excluding hydrogens is 366 g/mol. The summed E-state index contributed by atoms with van der Waals surface area (Å²) in [6, 6.07) is 9.52. The molecule has 0 aromatic heterocycles. The highest BCUT2D eigenvalue weighted by Crippen LogP contribution is 2.00. The monoisotopic (exact) mass is 399 g/mol. The van der Waals surface area contributed by atoms with Crippen LogP contribution in [0.15, 0.2) is 30.3 Å². The summed E-state index contributed by atoms with van der Waals surface area (Å²) in [4.78, 5) is 11.5. The van der Waals surface area contributed by atoms with Gasteiger partial charge in [0.05, 0.1) is 59.5 Å². The molecular formula is C20H33NO7. The summed E-state index contributed by atoms with van der Waals surface area (Å²) in [6.07, 6.45) is -0.456. The van der Waals surface area contributed by atoms with Crippen LogP contribution in [0.3, 0.4) is 0 Å². The first kappa shape index (κ1) is 24.3. The minimum atomic E-state index is -0.456. The Labute approximate surface area is 167 Å². The molecule has 0 fully saturated rings. The molecule has 0 bridgehead atoms. The third kappa shape index (κ3) is 15.4. The summed E-state index contributed by atoms with van der Waals surface area (Å²) in [5.74, 6) is 0. The van der Waals surface area contributed by atoms with E-state index < -0.39 is 6.09 Å². The van der Waals surface area contributed by atoms with Crippen molar-refractivity contribution in [2.45, 2.75) is 13.5 Å². The van der Waals surface area contributed by atoms with Crippen LogP contribution >= 0.6 is 0 Å². The summed E-state index contributed by atoms with van der Waals surface area (Å²) in [5.41, 5.74) is 0.948. The average molecular weight is 399 g/mol. The third-order valence-electron chi connectivity index (χ3n) is 3.42. The van der Waals surface area contributed by atoms with E-state index in [4.69, 9.17) is 28.4 Å². The van der Waals surface area contributed by atoms with Gasteiger partial charge in [0.25, 0.3) is 0 Å². The van der Waals surface area contributed by atoms with Crippen LogP contribution in [0.5, 0.6) is 0 Å². The van der Waals surface area contributed by atoms with E-state index in [9.17, 15) is 4.79 Å². The minimum Gasteiger partial charge on any atom is -0.445 e. The highest BCUT2D eigenvalue weighted by atomic mass is 16.6. The summed E-state index contributed by atoms with van der Waals surface area (Å²) in [5, 5.41) is 2.63. The molecule has 8 nitrogen and oxygen atoms in total. The molecule has 0 spiro atoms. The first-order valence-electron chi connectivity index (χ1n) is 9.66. The fourth-order valence-electron chi connectivity index (χ4n) is 2.02. The van der Waals surface area contributed by atoms with Gasteiger partial charge in [0.15, 0.2) is 0 Å². The topological polar surface area (TPSA) is 84.5 Å². The molecule has 0 radical (unpaired) electrons. The zero-order valence-electron chi connectivity index (χ0n) is 16.7. The van der Waals surface area contributed by atoms with Crippen LogP contribution in [0.25, 0.3) is 0 Å². The van der Waals surface area contributed by atoms with Crippen LogP contribution in [0.1, 0.15) is 12.5 Å². The molecule has 1 aromatic rings. The summed E-state index contributed by atoms with van der Waals surface area (Å²) in [7, 11) is 0. The number of nitrogens with one attached hydrogen (secondary N) is 1. The fourth-order valence-corrected chi connectivity index (χ4v) is 2.02. The zero-order valence-corrected chi connectivity index (χ0v) is 16.7. The molecule has 1 N–H and O–H groups in total. The highest BCUT2D eigenvalue weighted by Gasteiger charge is 2.01. The van der Waals surface area contributed by atoms with Gasteiger partial charge in [-0.25, -0.2) is 4.79 Å². The third-order valence-corrected chi connectivity index (χ3v) is 3.42. The second-order valence-electron chi connectivity index (χ2n) is 5.63. The van der Waals surface area contributed by atoms with Crippen LogP contribution < -0.4 is 5.32 Å². The van der Waals surface area contributed by atoms with Crippen molar-refractivity contribution in [2.75, 3.05) is 72.6 Å². The van der Waals surface area contributed by atoms with E-state index in [-0.39, 0.29) is 6.61 Å². The average Bonchev–Trinajstić information content (AvgIpc) is 2.72. The van der Waals surface area contributed by atoms with Crippen molar-refractivity contribution in [1.82, 2.24) is 5.32 Å². The highest BCUT2D eigenvalue weighted by molar-refractivity contribution is 5.67. The maximum absolute atomic E-state index is 11.5. The largest absolute Gasteiger partial charge is 0.445 e. The Morgan fingerprint density at radius 1 is 0.750 bits per heavy atom. The smallest absolute Gasteiger partial charge is 0.407 e. The predicted octanol–water partition coefficient (Wildman–Crippen LogP) is 2.02. The van der Waals surface area contributed by atoms with Gasteiger partial charge in [-0.1, -0.05) is 30.3 Å². The van der Waals surface area contributed by atoms with Crippen molar-refractivity contribution < 1.29 is 33.2 Å². The number of carbonyl (C=O) groups excluding carboxylic acids is 1. The standard InChI is InChI=1S/C20H33NO7/c1-2-23-10-11-25-14-15-27-17-16-26-13-12-24-9-8-21-20(22)28-18-19-6-4-3-5-7-19/h3-7H,2,8-18H2,1H3,(H,21,22). The Hall–Kier alpha value is -1.71. The van der Waals surface area contributed by atoms with Gasteiger partial charge < -0.3 is 33.7 Å². The van der Waals surface area contributed by atoms with E-state index in [1.807, 2.05) is 37.3 Å².